The highest BCUT2D eigenvalue weighted by molar-refractivity contribution is 7.12. The molecule has 102 heavy (non-hydrogen) atoms. The molecule has 0 atom stereocenters. The van der Waals surface area contributed by atoms with E-state index in [1.165, 1.54) is 31.8 Å². The average molecular weight is 1420 g/mol. The Bertz CT molecular complexity index is 4940. The largest absolute Gasteiger partial charge is 0.462 e. The number of Topliss-reactive ketones (excluding diaryl/α,β-unsaturated/α-hetero) is 1. The van der Waals surface area contributed by atoms with Crippen LogP contribution in [0.3, 0.4) is 0 Å². The fourth-order valence-electron chi connectivity index (χ4n) is 13.3. The molecule has 10 aromatic rings. The van der Waals surface area contributed by atoms with E-state index in [9.17, 15) is 47.9 Å². The number of amides is 3. The van der Waals surface area contributed by atoms with Crippen LogP contribution in [0.1, 0.15) is 105 Å². The van der Waals surface area contributed by atoms with Gasteiger partial charge in [-0.3, -0.25) is 43.1 Å². The van der Waals surface area contributed by atoms with E-state index in [2.05, 4.69) is 9.88 Å². The highest BCUT2D eigenvalue weighted by Gasteiger charge is 2.35. The molecular formula is C77H78N10O13S2. The lowest BCUT2D eigenvalue weighted by Gasteiger charge is -2.37. The molecule has 1 aliphatic carbocycles. The number of hydrogen-bond donors (Lipinski definition) is 0. The van der Waals surface area contributed by atoms with Crippen molar-refractivity contribution >= 4 is 114 Å². The van der Waals surface area contributed by atoms with Gasteiger partial charge >= 0.3 is 17.9 Å². The van der Waals surface area contributed by atoms with Crippen molar-refractivity contribution in [3.05, 3.63) is 231 Å². The summed E-state index contributed by atoms with van der Waals surface area (Å²) in [7, 11) is 1.65. The van der Waals surface area contributed by atoms with Gasteiger partial charge in [0.1, 0.15) is 22.4 Å². The zero-order chi connectivity index (χ0) is 71.6. The molecule has 0 N–H and O–H groups in total. The van der Waals surface area contributed by atoms with E-state index in [0.717, 1.165) is 39.5 Å². The first-order chi connectivity index (χ1) is 49.6. The lowest BCUT2D eigenvalue weighted by atomic mass is 10.0. The molecule has 4 fully saturated rings. The molecule has 23 nitrogen and oxygen atoms in total. The Morgan fingerprint density at radius 1 is 0.431 bits per heavy atom. The smallest absolute Gasteiger partial charge is 0.345 e. The van der Waals surface area contributed by atoms with Crippen LogP contribution in [0.4, 0.5) is 17.1 Å². The quantitative estimate of drug-likeness (QED) is 0.0467. The van der Waals surface area contributed by atoms with E-state index < -0.39 is 23.5 Å². The number of pyridine rings is 4. The molecular weight excluding hydrogens is 1340 g/mol. The third kappa shape index (κ3) is 15.0. The maximum Gasteiger partial charge on any atom is 0.345 e. The number of ether oxygens (including phenoxy) is 3. The molecule has 25 heteroatoms. The first-order valence-electron chi connectivity index (χ1n) is 34.2. The summed E-state index contributed by atoms with van der Waals surface area (Å²) in [4.78, 5) is 148. The van der Waals surface area contributed by atoms with Crippen LogP contribution in [-0.2, 0) is 34.3 Å². The van der Waals surface area contributed by atoms with Gasteiger partial charge in [0, 0.05) is 120 Å². The summed E-state index contributed by atoms with van der Waals surface area (Å²) < 4.78 is 20.4. The fourth-order valence-corrected chi connectivity index (χ4v) is 14.7. The molecule has 1 saturated carbocycles. The van der Waals surface area contributed by atoms with E-state index in [0.29, 0.717) is 135 Å². The standard InChI is InChI=1S/C29H27N3O5S.C25H27N3O4S.C23H24N4O4/c1-2-37-29(36)25-26(30-14-16-31(17-15-30)27(34)24-13-8-18-38-24)21-11-6-7-12-22(21)32(28(25)35)19-23(33)20-9-4-3-5-10-20;1-2-32-25(31)21-22(26-11-13-27(14-12-26)23(29)20-8-5-15-33-20)18-6-3-4-7-19(18)28(24(21)30)16-17-9-10-17;1-3-31-23(30)19-20(16-8-4-5-10-18(16)25(2)22(19)29)26-12-14-27(15-13-26)21(28)17-9-6-7-11-24-17/h3-13,18H,2,14-17,19H2,1H3;3-8,15,17H,2,9-14,16H2,1H3;4-11H,3,12-15H2,1-2H3. The van der Waals surface area contributed by atoms with Crippen molar-refractivity contribution in [1.29, 1.82) is 0 Å². The van der Waals surface area contributed by atoms with Crippen LogP contribution in [0.25, 0.3) is 32.7 Å². The second-order valence-electron chi connectivity index (χ2n) is 24.8. The fraction of sp³-hybridized carbons (Fsp3) is 0.312. The molecule has 3 saturated heterocycles. The average Bonchev–Trinajstić information content (AvgIpc) is 0.840. The summed E-state index contributed by atoms with van der Waals surface area (Å²) in [5.41, 5.74) is 3.51. The molecule has 3 aliphatic heterocycles. The summed E-state index contributed by atoms with van der Waals surface area (Å²) in [6.45, 7) is 11.9. The maximum absolute atomic E-state index is 13.9. The van der Waals surface area contributed by atoms with Gasteiger partial charge in [0.05, 0.1) is 69.7 Å². The van der Waals surface area contributed by atoms with Crippen LogP contribution in [0, 0.1) is 5.92 Å². The van der Waals surface area contributed by atoms with E-state index in [1.54, 1.807) is 103 Å². The number of thiophene rings is 2. The molecule has 0 radical (unpaired) electrons. The molecule has 3 amide bonds. The number of ketones is 1. The van der Waals surface area contributed by atoms with Gasteiger partial charge in [-0.05, 0) is 92.8 Å². The predicted molar refractivity (Wildman–Crippen MR) is 394 cm³/mol. The van der Waals surface area contributed by atoms with Crippen molar-refractivity contribution < 1.29 is 47.8 Å². The third-order valence-corrected chi connectivity index (χ3v) is 20.3. The third-order valence-electron chi connectivity index (χ3n) is 18.5. The number of para-hydroxylation sites is 3. The van der Waals surface area contributed by atoms with E-state index >= 15 is 0 Å². The molecule has 9 heterocycles. The van der Waals surface area contributed by atoms with Gasteiger partial charge in [0.2, 0.25) is 0 Å². The van der Waals surface area contributed by atoms with Gasteiger partial charge < -0.3 is 52.7 Å². The molecule has 0 spiro atoms. The number of esters is 3. The second-order valence-corrected chi connectivity index (χ2v) is 26.7. The number of aryl methyl sites for hydroxylation is 1. The van der Waals surface area contributed by atoms with Gasteiger partial charge in [0.15, 0.2) is 5.78 Å². The van der Waals surface area contributed by atoms with Gasteiger partial charge in [-0.1, -0.05) is 103 Å². The van der Waals surface area contributed by atoms with E-state index in [4.69, 9.17) is 14.2 Å². The number of piperazine rings is 3. The summed E-state index contributed by atoms with van der Waals surface area (Å²) in [6.07, 6.45) is 3.82. The van der Waals surface area contributed by atoms with Gasteiger partial charge in [-0.15, -0.1) is 22.7 Å². The number of fused-ring (bicyclic) bond motifs is 3. The Labute approximate surface area is 595 Å². The van der Waals surface area contributed by atoms with Gasteiger partial charge in [-0.2, -0.15) is 0 Å². The molecule has 4 aromatic carbocycles. The zero-order valence-corrected chi connectivity index (χ0v) is 58.8. The second kappa shape index (κ2) is 32.1. The first kappa shape index (κ1) is 70.8. The van der Waals surface area contributed by atoms with Crippen LogP contribution < -0.4 is 31.4 Å². The van der Waals surface area contributed by atoms with Gasteiger partial charge in [-0.25, -0.2) is 14.4 Å². The molecule has 526 valence electrons. The van der Waals surface area contributed by atoms with Crippen LogP contribution in [0.15, 0.2) is 177 Å². The lowest BCUT2D eigenvalue weighted by molar-refractivity contribution is 0.0514. The Kier molecular flexibility index (Phi) is 22.3. The monoisotopic (exact) mass is 1410 g/mol. The number of hydrogen-bond acceptors (Lipinski definition) is 19. The normalized spacial score (nSPS) is 14.5. The van der Waals surface area contributed by atoms with Crippen molar-refractivity contribution in [3.63, 3.8) is 0 Å². The number of carbonyl (C=O) groups is 7. The Morgan fingerprint density at radius 3 is 1.25 bits per heavy atom. The number of rotatable bonds is 17. The Hall–Kier alpha value is -11.1. The number of nitrogens with zero attached hydrogens (tertiary/aromatic N) is 10. The summed E-state index contributed by atoms with van der Waals surface area (Å²) in [5.74, 6) is -1.80. The van der Waals surface area contributed by atoms with E-state index in [1.807, 2.05) is 116 Å². The van der Waals surface area contributed by atoms with Crippen LogP contribution in [0.5, 0.6) is 0 Å². The predicted octanol–water partition coefficient (Wildman–Crippen LogP) is 9.77. The minimum atomic E-state index is -0.726. The van der Waals surface area contributed by atoms with Crippen LogP contribution in [-0.4, -0.2) is 173 Å². The molecule has 14 rings (SSSR count). The summed E-state index contributed by atoms with van der Waals surface area (Å²) >= 11 is 2.84. The molecule has 0 bridgehead atoms. The van der Waals surface area contributed by atoms with Crippen molar-refractivity contribution in [2.24, 2.45) is 13.0 Å². The van der Waals surface area contributed by atoms with Crippen LogP contribution in [0.2, 0.25) is 0 Å². The topological polar surface area (TPSA) is 246 Å². The number of aromatic nitrogens is 4. The first-order valence-corrected chi connectivity index (χ1v) is 36.0. The number of anilines is 3. The zero-order valence-electron chi connectivity index (χ0n) is 57.2. The van der Waals surface area contributed by atoms with Crippen LogP contribution >= 0.6 is 22.7 Å². The highest BCUT2D eigenvalue weighted by Crippen LogP contribution is 2.37. The SMILES string of the molecule is CCOC(=O)c1c(N2CCN(C(=O)c3ccccn3)CC2)c2ccccc2n(C)c1=O.CCOC(=O)c1c(N2CCN(C(=O)c3cccs3)CC2)c2ccccc2n(CC(=O)c2ccccc2)c1=O.CCOC(=O)c1c(N2CCN(C(=O)c3cccs3)CC2)c2ccccc2n(CC2CC2)c1=O. The van der Waals surface area contributed by atoms with Crippen molar-refractivity contribution in [1.82, 2.24) is 33.4 Å². The number of carbonyl (C=O) groups excluding carboxylic acids is 7. The van der Waals surface area contributed by atoms with Crippen molar-refractivity contribution in [2.45, 2.75) is 46.7 Å². The molecule has 6 aromatic heterocycles. The molecule has 4 aliphatic rings. The Balaban J connectivity index is 0.000000145. The van der Waals surface area contributed by atoms with Crippen molar-refractivity contribution in [2.75, 3.05) is 113 Å². The highest BCUT2D eigenvalue weighted by atomic mass is 32.1. The number of benzene rings is 4. The minimum Gasteiger partial charge on any atom is -0.462 e. The van der Waals surface area contributed by atoms with E-state index in [-0.39, 0.29) is 77.7 Å². The minimum absolute atomic E-state index is 0.0232. The summed E-state index contributed by atoms with van der Waals surface area (Å²) in [6, 6.07) is 43.9. The van der Waals surface area contributed by atoms with Crippen molar-refractivity contribution in [3.8, 4) is 0 Å². The summed E-state index contributed by atoms with van der Waals surface area (Å²) in [5, 5.41) is 6.13. The Morgan fingerprint density at radius 2 is 0.824 bits per heavy atom. The maximum atomic E-state index is 13.9. The molecule has 0 unspecified atom stereocenters. The van der Waals surface area contributed by atoms with Gasteiger partial charge in [0.25, 0.3) is 34.4 Å². The lowest BCUT2D eigenvalue weighted by Crippen LogP contribution is -2.50.